The van der Waals surface area contributed by atoms with Gasteiger partial charge in [-0.05, 0) is 12.1 Å². The highest BCUT2D eigenvalue weighted by Gasteiger charge is 2.20. The number of carbonyl (C=O) groups is 1. The van der Waals surface area contributed by atoms with Crippen molar-refractivity contribution in [3.63, 3.8) is 0 Å². The van der Waals surface area contributed by atoms with E-state index in [0.29, 0.717) is 11.3 Å². The number of hydrogen-bond donors (Lipinski definition) is 4. The summed E-state index contributed by atoms with van der Waals surface area (Å²) in [6, 6.07) is 16.7. The Labute approximate surface area is 154 Å². The number of hydrogen-bond acceptors (Lipinski definition) is 6. The van der Waals surface area contributed by atoms with Crippen molar-refractivity contribution in [3.05, 3.63) is 76.6 Å². The van der Waals surface area contributed by atoms with Crippen molar-refractivity contribution in [1.82, 2.24) is 0 Å². The lowest BCUT2D eigenvalue weighted by atomic mass is 10.1. The van der Waals surface area contributed by atoms with Crippen molar-refractivity contribution in [2.24, 2.45) is 0 Å². The van der Waals surface area contributed by atoms with Crippen LogP contribution in [0.2, 0.25) is 0 Å². The average molecular weight is 366 g/mol. The molecule has 1 heterocycles. The molecule has 0 saturated carbocycles. The van der Waals surface area contributed by atoms with Crippen molar-refractivity contribution in [3.8, 4) is 17.1 Å². The van der Waals surface area contributed by atoms with Gasteiger partial charge in [0, 0.05) is 18.2 Å². The van der Waals surface area contributed by atoms with Crippen LogP contribution in [-0.4, -0.2) is 29.3 Å². The summed E-state index contributed by atoms with van der Waals surface area (Å²) in [7, 11) is 0. The summed E-state index contributed by atoms with van der Waals surface area (Å²) >= 11 is 0. The number of rotatable bonds is 6. The number of phenolic OH excluding ortho intramolecular Hbond substituents is 1. The topological polar surface area (TPSA) is 112 Å². The Kier molecular flexibility index (Phi) is 5.53. The zero-order valence-electron chi connectivity index (χ0n) is 14.3. The van der Waals surface area contributed by atoms with Crippen LogP contribution in [-0.2, 0) is 0 Å². The fourth-order valence-electron chi connectivity index (χ4n) is 2.55. The molecule has 3 rings (SSSR count). The molecule has 0 unspecified atom stereocenters. The fraction of sp³-hybridized carbons (Fsp3) is 0.100. The minimum atomic E-state index is -0.829. The summed E-state index contributed by atoms with van der Waals surface area (Å²) in [4.78, 5) is 25.2. The molecular formula is C20H18N2O5. The SMILES string of the molecule is O=C(Nc1ccccc1O)c1c(NCCO)cc(-c2ccccc2)oc1=O. The fourth-order valence-corrected chi connectivity index (χ4v) is 2.55. The Morgan fingerprint density at radius 3 is 2.41 bits per heavy atom. The van der Waals surface area contributed by atoms with Gasteiger partial charge in [0.05, 0.1) is 18.0 Å². The third kappa shape index (κ3) is 4.16. The van der Waals surface area contributed by atoms with Gasteiger partial charge in [-0.2, -0.15) is 0 Å². The summed E-state index contributed by atoms with van der Waals surface area (Å²) in [5.41, 5.74) is -0.000346. The van der Waals surface area contributed by atoms with E-state index in [4.69, 9.17) is 9.52 Å². The van der Waals surface area contributed by atoms with Gasteiger partial charge in [-0.1, -0.05) is 42.5 Å². The molecule has 2 aromatic carbocycles. The third-order valence-electron chi connectivity index (χ3n) is 3.82. The number of anilines is 2. The van der Waals surface area contributed by atoms with Crippen molar-refractivity contribution >= 4 is 17.3 Å². The number of benzene rings is 2. The van der Waals surface area contributed by atoms with Crippen LogP contribution in [0.25, 0.3) is 11.3 Å². The number of nitrogens with one attached hydrogen (secondary N) is 2. The Hall–Kier alpha value is -3.58. The van der Waals surface area contributed by atoms with Crippen LogP contribution in [0.5, 0.6) is 5.75 Å². The van der Waals surface area contributed by atoms with Crippen LogP contribution >= 0.6 is 0 Å². The summed E-state index contributed by atoms with van der Waals surface area (Å²) in [5.74, 6) is -0.563. The van der Waals surface area contributed by atoms with E-state index in [-0.39, 0.29) is 35.8 Å². The lowest BCUT2D eigenvalue weighted by molar-refractivity contribution is 0.102. The van der Waals surface area contributed by atoms with Crippen molar-refractivity contribution < 1.29 is 19.4 Å². The number of aliphatic hydroxyl groups excluding tert-OH is 1. The Morgan fingerprint density at radius 1 is 1.00 bits per heavy atom. The number of amides is 1. The smallest absolute Gasteiger partial charge is 0.351 e. The summed E-state index contributed by atoms with van der Waals surface area (Å²) in [6.45, 7) is -0.0318. The highest BCUT2D eigenvalue weighted by molar-refractivity contribution is 6.08. The Bertz CT molecular complexity index is 999. The van der Waals surface area contributed by atoms with E-state index in [1.165, 1.54) is 18.2 Å². The number of phenols is 1. The predicted octanol–water partition coefficient (Wildman–Crippen LogP) is 2.67. The average Bonchev–Trinajstić information content (AvgIpc) is 2.68. The van der Waals surface area contributed by atoms with E-state index in [1.54, 1.807) is 36.4 Å². The third-order valence-corrected chi connectivity index (χ3v) is 3.82. The van der Waals surface area contributed by atoms with Crippen LogP contribution in [0.4, 0.5) is 11.4 Å². The Balaban J connectivity index is 2.02. The Morgan fingerprint density at radius 2 is 1.70 bits per heavy atom. The first-order chi connectivity index (χ1) is 13.1. The van der Waals surface area contributed by atoms with Gasteiger partial charge in [0.25, 0.3) is 5.91 Å². The lowest BCUT2D eigenvalue weighted by Crippen LogP contribution is -2.24. The molecule has 0 saturated heterocycles. The van der Waals surface area contributed by atoms with Gasteiger partial charge in [-0.3, -0.25) is 4.79 Å². The first kappa shape index (κ1) is 18.2. The van der Waals surface area contributed by atoms with Gasteiger partial charge in [0.1, 0.15) is 17.1 Å². The molecular weight excluding hydrogens is 348 g/mol. The molecule has 1 aromatic heterocycles. The maximum atomic E-state index is 12.6. The summed E-state index contributed by atoms with van der Waals surface area (Å²) in [5, 5.41) is 24.3. The zero-order valence-corrected chi connectivity index (χ0v) is 14.3. The highest BCUT2D eigenvalue weighted by atomic mass is 16.4. The van der Waals surface area contributed by atoms with E-state index in [0.717, 1.165) is 0 Å². The molecule has 0 radical (unpaired) electrons. The number of aliphatic hydroxyl groups is 1. The molecule has 1 amide bonds. The number of aromatic hydroxyl groups is 1. The van der Waals surface area contributed by atoms with Crippen LogP contribution in [0.3, 0.4) is 0 Å². The lowest BCUT2D eigenvalue weighted by Gasteiger charge is -2.12. The summed E-state index contributed by atoms with van der Waals surface area (Å²) in [6.07, 6.45) is 0. The molecule has 0 fully saturated rings. The predicted molar refractivity (Wildman–Crippen MR) is 102 cm³/mol. The van der Waals surface area contributed by atoms with E-state index in [9.17, 15) is 14.7 Å². The highest BCUT2D eigenvalue weighted by Crippen LogP contribution is 2.26. The second-order valence-electron chi connectivity index (χ2n) is 5.67. The molecule has 3 aromatic rings. The van der Waals surface area contributed by atoms with Crippen LogP contribution < -0.4 is 16.3 Å². The second kappa shape index (κ2) is 8.20. The van der Waals surface area contributed by atoms with Crippen molar-refractivity contribution in [1.29, 1.82) is 0 Å². The maximum absolute atomic E-state index is 12.6. The van der Waals surface area contributed by atoms with Gasteiger partial charge in [0.15, 0.2) is 0 Å². The number of carbonyl (C=O) groups excluding carboxylic acids is 1. The van der Waals surface area contributed by atoms with Crippen molar-refractivity contribution in [2.75, 3.05) is 23.8 Å². The minimum absolute atomic E-state index is 0.124. The van der Waals surface area contributed by atoms with Crippen LogP contribution in [0.15, 0.2) is 69.9 Å². The first-order valence-electron chi connectivity index (χ1n) is 8.28. The standard InChI is InChI=1S/C20H18N2O5/c23-11-10-21-15-12-17(13-6-2-1-3-7-13)27-20(26)18(15)19(25)22-14-8-4-5-9-16(14)24/h1-9,12,21,23-24H,10-11H2,(H,22,25). The van der Waals surface area contributed by atoms with E-state index >= 15 is 0 Å². The molecule has 7 nitrogen and oxygen atoms in total. The second-order valence-corrected chi connectivity index (χ2v) is 5.67. The normalized spacial score (nSPS) is 10.4. The molecule has 0 atom stereocenters. The zero-order chi connectivity index (χ0) is 19.2. The van der Waals surface area contributed by atoms with Gasteiger partial charge < -0.3 is 25.3 Å². The molecule has 138 valence electrons. The van der Waals surface area contributed by atoms with Crippen LogP contribution in [0.1, 0.15) is 10.4 Å². The largest absolute Gasteiger partial charge is 0.506 e. The van der Waals surface area contributed by atoms with E-state index < -0.39 is 11.5 Å². The molecule has 0 bridgehead atoms. The molecule has 4 N–H and O–H groups in total. The quantitative estimate of drug-likeness (QED) is 0.499. The minimum Gasteiger partial charge on any atom is -0.506 e. The van der Waals surface area contributed by atoms with Crippen molar-refractivity contribution in [2.45, 2.75) is 0 Å². The molecule has 0 aliphatic rings. The maximum Gasteiger partial charge on any atom is 0.351 e. The van der Waals surface area contributed by atoms with Gasteiger partial charge in [0.2, 0.25) is 0 Å². The van der Waals surface area contributed by atoms with Crippen LogP contribution in [0, 0.1) is 0 Å². The summed E-state index contributed by atoms with van der Waals surface area (Å²) < 4.78 is 5.32. The monoisotopic (exact) mass is 366 g/mol. The van der Waals surface area contributed by atoms with E-state index in [2.05, 4.69) is 10.6 Å². The van der Waals surface area contributed by atoms with E-state index in [1.807, 2.05) is 6.07 Å². The van der Waals surface area contributed by atoms with Gasteiger partial charge >= 0.3 is 5.63 Å². The molecule has 0 spiro atoms. The molecule has 0 aliphatic heterocycles. The number of para-hydroxylation sites is 2. The first-order valence-corrected chi connectivity index (χ1v) is 8.28. The molecule has 7 heteroatoms. The molecule has 0 aliphatic carbocycles. The van der Waals surface area contributed by atoms with Gasteiger partial charge in [-0.15, -0.1) is 0 Å². The molecule has 27 heavy (non-hydrogen) atoms. The van der Waals surface area contributed by atoms with Gasteiger partial charge in [-0.25, -0.2) is 4.79 Å².